The smallest absolute Gasteiger partial charge is 0.224 e. The maximum atomic E-state index is 11.6. The minimum absolute atomic E-state index is 0.00200. The van der Waals surface area contributed by atoms with Crippen molar-refractivity contribution in [2.24, 2.45) is 5.92 Å². The first-order valence-electron chi connectivity index (χ1n) is 6.63. The van der Waals surface area contributed by atoms with E-state index in [0.717, 1.165) is 17.8 Å². The first kappa shape index (κ1) is 16.0. The van der Waals surface area contributed by atoms with Crippen LogP contribution in [0.2, 0.25) is 0 Å². The first-order valence-corrected chi connectivity index (χ1v) is 6.63. The lowest BCUT2D eigenvalue weighted by atomic mass is 10.1. The van der Waals surface area contributed by atoms with Gasteiger partial charge in [-0.05, 0) is 24.7 Å². The summed E-state index contributed by atoms with van der Waals surface area (Å²) in [4.78, 5) is 13.5. The summed E-state index contributed by atoms with van der Waals surface area (Å²) >= 11 is 0. The quantitative estimate of drug-likeness (QED) is 0.815. The number of carbonyl (C=O) groups excluding carboxylic acids is 1. The van der Waals surface area contributed by atoms with Crippen LogP contribution in [0.5, 0.6) is 0 Å². The maximum Gasteiger partial charge on any atom is 0.224 e. The number of hydrogen-bond donors (Lipinski definition) is 2. The van der Waals surface area contributed by atoms with Crippen LogP contribution in [-0.4, -0.2) is 33.6 Å². The fourth-order valence-corrected chi connectivity index (χ4v) is 2.16. The number of rotatable bonds is 6. The molecule has 0 aliphatic heterocycles. The summed E-state index contributed by atoms with van der Waals surface area (Å²) < 4.78 is 0. The normalized spacial score (nSPS) is 11.6. The van der Waals surface area contributed by atoms with E-state index in [4.69, 9.17) is 0 Å². The molecular formula is C15H22N4O. The molecule has 108 valence electrons. The lowest BCUT2D eigenvalue weighted by molar-refractivity contribution is -0.123. The second-order valence-electron chi connectivity index (χ2n) is 4.89. The molecule has 0 bridgehead atoms. The molecule has 0 spiro atoms. The number of hydrogen-bond acceptors (Lipinski definition) is 4. The number of nitrogens with zero attached hydrogens (tertiary/aromatic N) is 2. The standard InChI is InChI=1S/C15H22N4O/c1-11(15(20)18-3)10-19(4)14-6-5-12(9-17-2)7-13(14)8-16/h5-7,11,17H,9-10H2,1-4H3,(H,18,20). The van der Waals surface area contributed by atoms with Gasteiger partial charge in [0.25, 0.3) is 0 Å². The number of nitriles is 1. The van der Waals surface area contributed by atoms with Gasteiger partial charge in [-0.25, -0.2) is 0 Å². The largest absolute Gasteiger partial charge is 0.373 e. The number of anilines is 1. The fraction of sp³-hybridized carbons (Fsp3) is 0.467. The van der Waals surface area contributed by atoms with E-state index in [0.29, 0.717) is 12.1 Å². The highest BCUT2D eigenvalue weighted by Gasteiger charge is 2.16. The summed E-state index contributed by atoms with van der Waals surface area (Å²) in [5, 5.41) is 15.0. The lowest BCUT2D eigenvalue weighted by Crippen LogP contribution is -2.34. The van der Waals surface area contributed by atoms with Gasteiger partial charge >= 0.3 is 0 Å². The van der Waals surface area contributed by atoms with Crippen molar-refractivity contribution in [3.8, 4) is 6.07 Å². The molecule has 0 saturated heterocycles. The van der Waals surface area contributed by atoms with Gasteiger partial charge in [0.15, 0.2) is 0 Å². The van der Waals surface area contributed by atoms with Crippen molar-refractivity contribution < 1.29 is 4.79 Å². The van der Waals surface area contributed by atoms with Gasteiger partial charge in [0, 0.05) is 27.2 Å². The minimum Gasteiger partial charge on any atom is -0.373 e. The first-order chi connectivity index (χ1) is 9.53. The molecule has 1 aromatic rings. The number of nitrogens with one attached hydrogen (secondary N) is 2. The van der Waals surface area contributed by atoms with E-state index in [2.05, 4.69) is 16.7 Å². The van der Waals surface area contributed by atoms with E-state index in [1.54, 1.807) is 7.05 Å². The van der Waals surface area contributed by atoms with Gasteiger partial charge in [0.2, 0.25) is 5.91 Å². The van der Waals surface area contributed by atoms with E-state index < -0.39 is 0 Å². The van der Waals surface area contributed by atoms with Crippen LogP contribution in [0.1, 0.15) is 18.1 Å². The van der Waals surface area contributed by atoms with Crippen molar-refractivity contribution in [1.82, 2.24) is 10.6 Å². The second-order valence-corrected chi connectivity index (χ2v) is 4.89. The van der Waals surface area contributed by atoms with Crippen LogP contribution in [0.4, 0.5) is 5.69 Å². The molecule has 1 amide bonds. The Hall–Kier alpha value is -2.06. The average molecular weight is 274 g/mol. The van der Waals surface area contributed by atoms with Crippen LogP contribution in [0.3, 0.4) is 0 Å². The Kier molecular flexibility index (Phi) is 6.01. The third-order valence-electron chi connectivity index (χ3n) is 3.22. The predicted molar refractivity (Wildman–Crippen MR) is 80.4 cm³/mol. The van der Waals surface area contributed by atoms with E-state index in [1.165, 1.54) is 0 Å². The topological polar surface area (TPSA) is 68.2 Å². The molecule has 1 rings (SSSR count). The second kappa shape index (κ2) is 7.51. The molecule has 5 heteroatoms. The molecule has 0 aromatic heterocycles. The molecular weight excluding hydrogens is 252 g/mol. The molecule has 0 radical (unpaired) electrons. The SMILES string of the molecule is CNCc1ccc(N(C)CC(C)C(=O)NC)c(C#N)c1. The molecule has 0 aliphatic carbocycles. The average Bonchev–Trinajstić information content (AvgIpc) is 2.46. The summed E-state index contributed by atoms with van der Waals surface area (Å²) in [5.74, 6) is -0.129. The van der Waals surface area contributed by atoms with Gasteiger partial charge in [0.1, 0.15) is 6.07 Å². The maximum absolute atomic E-state index is 11.6. The monoisotopic (exact) mass is 274 g/mol. The summed E-state index contributed by atoms with van der Waals surface area (Å²) in [6.07, 6.45) is 0. The highest BCUT2D eigenvalue weighted by atomic mass is 16.1. The summed E-state index contributed by atoms with van der Waals surface area (Å²) in [6.45, 7) is 3.17. The predicted octanol–water partition coefficient (Wildman–Crippen LogP) is 1.10. The van der Waals surface area contributed by atoms with E-state index in [9.17, 15) is 10.1 Å². The highest BCUT2D eigenvalue weighted by Crippen LogP contribution is 2.21. The van der Waals surface area contributed by atoms with Crippen molar-refractivity contribution in [1.29, 1.82) is 5.26 Å². The molecule has 1 atom stereocenters. The third-order valence-corrected chi connectivity index (χ3v) is 3.22. The molecule has 0 saturated carbocycles. The molecule has 0 aliphatic rings. The number of benzene rings is 1. The van der Waals surface area contributed by atoms with Crippen molar-refractivity contribution in [2.75, 3.05) is 32.6 Å². The van der Waals surface area contributed by atoms with Crippen molar-refractivity contribution in [3.63, 3.8) is 0 Å². The molecule has 2 N–H and O–H groups in total. The van der Waals surface area contributed by atoms with Crippen LogP contribution in [0, 0.1) is 17.2 Å². The molecule has 0 heterocycles. The highest BCUT2D eigenvalue weighted by molar-refractivity contribution is 5.78. The van der Waals surface area contributed by atoms with Gasteiger partial charge in [-0.1, -0.05) is 13.0 Å². The lowest BCUT2D eigenvalue weighted by Gasteiger charge is -2.24. The zero-order valence-corrected chi connectivity index (χ0v) is 12.5. The van der Waals surface area contributed by atoms with Gasteiger partial charge < -0.3 is 15.5 Å². The summed E-state index contributed by atoms with van der Waals surface area (Å²) in [5.41, 5.74) is 2.55. The number of amides is 1. The van der Waals surface area contributed by atoms with Crippen molar-refractivity contribution in [2.45, 2.75) is 13.5 Å². The van der Waals surface area contributed by atoms with E-state index in [1.807, 2.05) is 44.1 Å². The van der Waals surface area contributed by atoms with Crippen LogP contribution in [0.25, 0.3) is 0 Å². The zero-order valence-electron chi connectivity index (χ0n) is 12.5. The Morgan fingerprint density at radius 3 is 2.70 bits per heavy atom. The van der Waals surface area contributed by atoms with Gasteiger partial charge in [0.05, 0.1) is 17.2 Å². The van der Waals surface area contributed by atoms with Crippen LogP contribution < -0.4 is 15.5 Å². The van der Waals surface area contributed by atoms with Crippen LogP contribution >= 0.6 is 0 Å². The van der Waals surface area contributed by atoms with Gasteiger partial charge in [-0.15, -0.1) is 0 Å². The summed E-state index contributed by atoms with van der Waals surface area (Å²) in [6, 6.07) is 8.03. The minimum atomic E-state index is -0.131. The molecule has 0 fully saturated rings. The Bertz CT molecular complexity index is 507. The van der Waals surface area contributed by atoms with E-state index >= 15 is 0 Å². The summed E-state index contributed by atoms with van der Waals surface area (Å²) in [7, 11) is 5.40. The fourth-order valence-electron chi connectivity index (χ4n) is 2.16. The molecule has 1 unspecified atom stereocenters. The Morgan fingerprint density at radius 1 is 1.45 bits per heavy atom. The van der Waals surface area contributed by atoms with Crippen molar-refractivity contribution in [3.05, 3.63) is 29.3 Å². The van der Waals surface area contributed by atoms with E-state index in [-0.39, 0.29) is 11.8 Å². The molecule has 1 aromatic carbocycles. The zero-order chi connectivity index (χ0) is 15.1. The van der Waals surface area contributed by atoms with Gasteiger partial charge in [-0.3, -0.25) is 4.79 Å². The van der Waals surface area contributed by atoms with Crippen molar-refractivity contribution >= 4 is 11.6 Å². The number of carbonyl (C=O) groups is 1. The van der Waals surface area contributed by atoms with Gasteiger partial charge in [-0.2, -0.15) is 5.26 Å². The van der Waals surface area contributed by atoms with Crippen LogP contribution in [-0.2, 0) is 11.3 Å². The Balaban J connectivity index is 2.90. The third kappa shape index (κ3) is 3.97. The molecule has 20 heavy (non-hydrogen) atoms. The Labute approximate surface area is 120 Å². The van der Waals surface area contributed by atoms with Crippen LogP contribution in [0.15, 0.2) is 18.2 Å². The Morgan fingerprint density at radius 2 is 2.15 bits per heavy atom. The molecule has 5 nitrogen and oxygen atoms in total.